The molecule has 0 N–H and O–H groups in total. The third-order valence-electron chi connectivity index (χ3n) is 3.86. The lowest BCUT2D eigenvalue weighted by atomic mass is 10.1. The van der Waals surface area contributed by atoms with Gasteiger partial charge in [-0.05, 0) is 49.4 Å². The minimum Gasteiger partial charge on any atom is -0.497 e. The highest BCUT2D eigenvalue weighted by molar-refractivity contribution is 7.98. The van der Waals surface area contributed by atoms with E-state index in [9.17, 15) is 4.79 Å². The minimum absolute atomic E-state index is 0.00529. The maximum absolute atomic E-state index is 13.1. The number of methoxy groups -OCH3 is 1. The Morgan fingerprint density at radius 1 is 1.30 bits per heavy atom. The normalized spacial score (nSPS) is 11.1. The van der Waals surface area contributed by atoms with E-state index in [-0.39, 0.29) is 5.56 Å². The van der Waals surface area contributed by atoms with E-state index in [0.29, 0.717) is 5.16 Å². The smallest absolute Gasteiger partial charge is 0.267 e. The number of aromatic nitrogens is 2. The number of thioether (sulfide) groups is 1. The van der Waals surface area contributed by atoms with Gasteiger partial charge in [0.05, 0.1) is 18.2 Å². The van der Waals surface area contributed by atoms with Crippen LogP contribution in [0.15, 0.2) is 34.2 Å². The van der Waals surface area contributed by atoms with Crippen molar-refractivity contribution in [1.82, 2.24) is 9.55 Å². The summed E-state index contributed by atoms with van der Waals surface area (Å²) in [5.74, 6) is 0.766. The number of rotatable bonds is 4. The second-order valence-corrected chi connectivity index (χ2v) is 7.08. The molecule has 4 nitrogen and oxygen atoms in total. The van der Waals surface area contributed by atoms with Gasteiger partial charge in [-0.25, -0.2) is 4.98 Å². The maximum Gasteiger partial charge on any atom is 0.267 e. The molecule has 6 heteroatoms. The van der Waals surface area contributed by atoms with Gasteiger partial charge in [0.15, 0.2) is 5.16 Å². The number of aryl methyl sites for hydroxylation is 2. The summed E-state index contributed by atoms with van der Waals surface area (Å²) in [4.78, 5) is 19.9. The van der Waals surface area contributed by atoms with Crippen molar-refractivity contribution in [3.63, 3.8) is 0 Å². The Balaban J connectivity index is 2.33. The summed E-state index contributed by atoms with van der Waals surface area (Å²) in [7, 11) is 1.63. The van der Waals surface area contributed by atoms with Crippen LogP contribution in [0, 0.1) is 6.92 Å². The molecule has 0 atom stereocenters. The molecule has 2 heterocycles. The van der Waals surface area contributed by atoms with Crippen LogP contribution in [-0.4, -0.2) is 22.9 Å². The topological polar surface area (TPSA) is 44.1 Å². The number of nitrogens with zero attached hydrogens (tertiary/aromatic N) is 2. The standard InChI is InChI=1S/C17H18N2O2S2/c1-5-13-10(2)23-15-14(13)16(20)19(17(18-15)22-4)11-6-8-12(21-3)9-7-11/h6-9H,5H2,1-4H3. The SMILES string of the molecule is CCc1c(C)sc2nc(SC)n(-c3ccc(OC)cc3)c(=O)c12. The van der Waals surface area contributed by atoms with Crippen molar-refractivity contribution in [3.05, 3.63) is 45.1 Å². The largest absolute Gasteiger partial charge is 0.497 e. The van der Waals surface area contributed by atoms with Gasteiger partial charge in [0, 0.05) is 4.88 Å². The Kier molecular flexibility index (Phi) is 4.46. The molecule has 0 aliphatic carbocycles. The summed E-state index contributed by atoms with van der Waals surface area (Å²) in [6.07, 6.45) is 2.78. The van der Waals surface area contributed by atoms with E-state index in [4.69, 9.17) is 9.72 Å². The number of hydrogen-bond acceptors (Lipinski definition) is 5. The van der Waals surface area contributed by atoms with Crippen LogP contribution in [0.2, 0.25) is 0 Å². The number of ether oxygens (including phenoxy) is 1. The lowest BCUT2D eigenvalue weighted by Gasteiger charge is -2.11. The second kappa shape index (κ2) is 6.37. The molecule has 3 rings (SSSR count). The average Bonchev–Trinajstić information content (AvgIpc) is 2.90. The Morgan fingerprint density at radius 3 is 2.57 bits per heavy atom. The molecule has 0 saturated carbocycles. The summed E-state index contributed by atoms with van der Waals surface area (Å²) >= 11 is 3.08. The maximum atomic E-state index is 13.1. The van der Waals surface area contributed by atoms with Gasteiger partial charge in [-0.2, -0.15) is 0 Å². The molecule has 0 aliphatic rings. The fourth-order valence-electron chi connectivity index (χ4n) is 2.72. The highest BCUT2D eigenvalue weighted by Crippen LogP contribution is 2.30. The molecular formula is C17H18N2O2S2. The van der Waals surface area contributed by atoms with Crippen molar-refractivity contribution in [1.29, 1.82) is 0 Å². The zero-order chi connectivity index (χ0) is 16.6. The van der Waals surface area contributed by atoms with E-state index in [0.717, 1.165) is 33.6 Å². The Hall–Kier alpha value is -1.79. The molecule has 120 valence electrons. The molecule has 1 aromatic carbocycles. The molecule has 0 amide bonds. The molecule has 2 aromatic heterocycles. The third kappa shape index (κ3) is 2.66. The van der Waals surface area contributed by atoms with Crippen LogP contribution in [0.5, 0.6) is 5.75 Å². The number of benzene rings is 1. The van der Waals surface area contributed by atoms with Crippen LogP contribution in [0.25, 0.3) is 15.9 Å². The predicted octanol–water partition coefficient (Wildman–Crippen LogP) is 4.05. The average molecular weight is 346 g/mol. The van der Waals surface area contributed by atoms with E-state index < -0.39 is 0 Å². The van der Waals surface area contributed by atoms with Gasteiger partial charge in [-0.1, -0.05) is 18.7 Å². The van der Waals surface area contributed by atoms with Gasteiger partial charge >= 0.3 is 0 Å². The van der Waals surface area contributed by atoms with E-state index in [1.807, 2.05) is 30.5 Å². The molecule has 0 aliphatic heterocycles. The van der Waals surface area contributed by atoms with Gasteiger partial charge in [-0.15, -0.1) is 11.3 Å². The lowest BCUT2D eigenvalue weighted by molar-refractivity contribution is 0.414. The third-order valence-corrected chi connectivity index (χ3v) is 5.54. The summed E-state index contributed by atoms with van der Waals surface area (Å²) < 4.78 is 6.89. The van der Waals surface area contributed by atoms with Crippen molar-refractivity contribution in [2.24, 2.45) is 0 Å². The summed E-state index contributed by atoms with van der Waals surface area (Å²) in [6, 6.07) is 7.49. The van der Waals surface area contributed by atoms with Crippen LogP contribution in [0.3, 0.4) is 0 Å². The molecule has 3 aromatic rings. The van der Waals surface area contributed by atoms with Crippen LogP contribution in [-0.2, 0) is 6.42 Å². The van der Waals surface area contributed by atoms with Gasteiger partial charge < -0.3 is 4.74 Å². The van der Waals surface area contributed by atoms with E-state index in [1.54, 1.807) is 23.0 Å². The number of hydrogen-bond donors (Lipinski definition) is 0. The number of fused-ring (bicyclic) bond motifs is 1. The zero-order valence-corrected chi connectivity index (χ0v) is 15.2. The van der Waals surface area contributed by atoms with Crippen LogP contribution in [0.4, 0.5) is 0 Å². The van der Waals surface area contributed by atoms with Crippen LogP contribution < -0.4 is 10.3 Å². The van der Waals surface area contributed by atoms with Crippen molar-refractivity contribution in [3.8, 4) is 11.4 Å². The Labute approximate surface area is 143 Å². The summed E-state index contributed by atoms with van der Waals surface area (Å²) in [5.41, 5.74) is 1.92. The van der Waals surface area contributed by atoms with E-state index in [2.05, 4.69) is 13.8 Å². The first-order chi connectivity index (χ1) is 11.1. The molecule has 0 saturated heterocycles. The Bertz CT molecular complexity index is 911. The van der Waals surface area contributed by atoms with Gasteiger partial charge in [0.2, 0.25) is 0 Å². The quantitative estimate of drug-likeness (QED) is 0.528. The Morgan fingerprint density at radius 2 is 2.00 bits per heavy atom. The second-order valence-electron chi connectivity index (χ2n) is 5.11. The molecule has 0 fully saturated rings. The van der Waals surface area contributed by atoms with Gasteiger partial charge in [0.25, 0.3) is 5.56 Å². The molecule has 23 heavy (non-hydrogen) atoms. The summed E-state index contributed by atoms with van der Waals surface area (Å²) in [5, 5.41) is 1.46. The lowest BCUT2D eigenvalue weighted by Crippen LogP contribution is -2.21. The fourth-order valence-corrected chi connectivity index (χ4v) is 4.43. The molecule has 0 bridgehead atoms. The molecule has 0 spiro atoms. The van der Waals surface area contributed by atoms with E-state index >= 15 is 0 Å². The highest BCUT2D eigenvalue weighted by atomic mass is 32.2. The van der Waals surface area contributed by atoms with Crippen molar-refractivity contribution < 1.29 is 4.74 Å². The van der Waals surface area contributed by atoms with Gasteiger partial charge in [0.1, 0.15) is 10.6 Å². The van der Waals surface area contributed by atoms with Crippen molar-refractivity contribution in [2.75, 3.05) is 13.4 Å². The first kappa shape index (κ1) is 16.1. The predicted molar refractivity (Wildman–Crippen MR) is 97.7 cm³/mol. The first-order valence-corrected chi connectivity index (χ1v) is 9.38. The monoisotopic (exact) mass is 346 g/mol. The number of thiophene rings is 1. The molecule has 0 radical (unpaired) electrons. The van der Waals surface area contributed by atoms with Gasteiger partial charge in [-0.3, -0.25) is 9.36 Å². The highest BCUT2D eigenvalue weighted by Gasteiger charge is 2.18. The fraction of sp³-hybridized carbons (Fsp3) is 0.294. The minimum atomic E-state index is 0.00529. The van der Waals surface area contributed by atoms with Crippen molar-refractivity contribution in [2.45, 2.75) is 25.4 Å². The molecule has 0 unspecified atom stereocenters. The molecular weight excluding hydrogens is 328 g/mol. The van der Waals surface area contributed by atoms with E-state index in [1.165, 1.54) is 16.6 Å². The first-order valence-electron chi connectivity index (χ1n) is 7.34. The summed E-state index contributed by atoms with van der Waals surface area (Å²) in [6.45, 7) is 4.13. The van der Waals surface area contributed by atoms with Crippen LogP contribution in [0.1, 0.15) is 17.4 Å². The zero-order valence-electron chi connectivity index (χ0n) is 13.5. The van der Waals surface area contributed by atoms with Crippen molar-refractivity contribution >= 4 is 33.3 Å². The van der Waals surface area contributed by atoms with Crippen LogP contribution >= 0.6 is 23.1 Å².